The largest absolute Gasteiger partial charge is 0.352 e. The van der Waals surface area contributed by atoms with Gasteiger partial charge < -0.3 is 10.2 Å². The molecule has 1 atom stereocenters. The van der Waals surface area contributed by atoms with Gasteiger partial charge in [0.2, 0.25) is 11.8 Å². The second-order valence-electron chi connectivity index (χ2n) is 9.83. The SMILES string of the molecule is Cc1ccc(CCC(=O)N(Cc2ccc(Cl)cc2)[C@@H](Cc2ccccc2)C(=O)NC2CCCC2)cc1. The Bertz CT molecular complexity index is 1120. The van der Waals surface area contributed by atoms with Gasteiger partial charge in [0.15, 0.2) is 0 Å². The van der Waals surface area contributed by atoms with E-state index in [1.807, 2.05) is 54.6 Å². The highest BCUT2D eigenvalue weighted by atomic mass is 35.5. The van der Waals surface area contributed by atoms with Crippen molar-refractivity contribution in [1.82, 2.24) is 10.2 Å². The number of hydrogen-bond donors (Lipinski definition) is 1. The average Bonchev–Trinajstić information content (AvgIpc) is 3.40. The minimum Gasteiger partial charge on any atom is -0.352 e. The van der Waals surface area contributed by atoms with E-state index in [1.54, 1.807) is 4.90 Å². The molecule has 1 N–H and O–H groups in total. The van der Waals surface area contributed by atoms with Gasteiger partial charge in [-0.05, 0) is 55.0 Å². The third-order valence-corrected chi connectivity index (χ3v) is 7.24. The minimum absolute atomic E-state index is 0.0203. The van der Waals surface area contributed by atoms with Crippen LogP contribution in [0.3, 0.4) is 0 Å². The number of carbonyl (C=O) groups is 2. The van der Waals surface area contributed by atoms with Crippen molar-refractivity contribution in [1.29, 1.82) is 0 Å². The molecular formula is C31H35ClN2O2. The summed E-state index contributed by atoms with van der Waals surface area (Å²) in [7, 11) is 0. The average molecular weight is 503 g/mol. The number of rotatable bonds is 10. The van der Waals surface area contributed by atoms with E-state index in [0.717, 1.165) is 42.4 Å². The molecule has 0 heterocycles. The van der Waals surface area contributed by atoms with Crippen molar-refractivity contribution >= 4 is 23.4 Å². The number of aryl methyl sites for hydroxylation is 2. The summed E-state index contributed by atoms with van der Waals surface area (Å²) in [5.41, 5.74) is 4.31. The van der Waals surface area contributed by atoms with E-state index in [4.69, 9.17) is 11.6 Å². The monoisotopic (exact) mass is 502 g/mol. The molecule has 5 heteroatoms. The van der Waals surface area contributed by atoms with Crippen molar-refractivity contribution in [2.75, 3.05) is 0 Å². The Hall–Kier alpha value is -3.11. The lowest BCUT2D eigenvalue weighted by atomic mass is 10.0. The topological polar surface area (TPSA) is 49.4 Å². The third-order valence-electron chi connectivity index (χ3n) is 6.99. The van der Waals surface area contributed by atoms with Crippen molar-refractivity contribution in [2.24, 2.45) is 0 Å². The van der Waals surface area contributed by atoms with Crippen molar-refractivity contribution in [3.8, 4) is 0 Å². The van der Waals surface area contributed by atoms with Gasteiger partial charge in [-0.3, -0.25) is 9.59 Å². The summed E-state index contributed by atoms with van der Waals surface area (Å²) >= 11 is 6.11. The molecule has 36 heavy (non-hydrogen) atoms. The van der Waals surface area contributed by atoms with Gasteiger partial charge in [-0.25, -0.2) is 0 Å². The second kappa shape index (κ2) is 12.7. The van der Waals surface area contributed by atoms with Crippen molar-refractivity contribution in [3.63, 3.8) is 0 Å². The lowest BCUT2D eigenvalue weighted by Gasteiger charge is -2.32. The summed E-state index contributed by atoms with van der Waals surface area (Å²) in [5.74, 6) is -0.0866. The molecule has 0 spiro atoms. The van der Waals surface area contributed by atoms with Gasteiger partial charge in [-0.15, -0.1) is 0 Å². The summed E-state index contributed by atoms with van der Waals surface area (Å²) in [5, 5.41) is 3.90. The second-order valence-corrected chi connectivity index (χ2v) is 10.3. The molecule has 2 amide bonds. The number of halogens is 1. The molecule has 1 fully saturated rings. The molecule has 0 radical (unpaired) electrons. The molecule has 1 aliphatic rings. The smallest absolute Gasteiger partial charge is 0.243 e. The maximum absolute atomic E-state index is 13.7. The first-order chi connectivity index (χ1) is 17.5. The highest BCUT2D eigenvalue weighted by Gasteiger charge is 2.32. The fraction of sp³-hybridized carbons (Fsp3) is 0.355. The number of nitrogens with one attached hydrogen (secondary N) is 1. The predicted octanol–water partition coefficient (Wildman–Crippen LogP) is 6.28. The lowest BCUT2D eigenvalue weighted by molar-refractivity contribution is -0.141. The first kappa shape index (κ1) is 26.0. The molecule has 1 aliphatic carbocycles. The van der Waals surface area contributed by atoms with E-state index in [9.17, 15) is 9.59 Å². The molecule has 4 rings (SSSR count). The Morgan fingerprint density at radius 2 is 1.53 bits per heavy atom. The molecule has 188 valence electrons. The third kappa shape index (κ3) is 7.44. The molecule has 0 saturated heterocycles. The van der Waals surface area contributed by atoms with Crippen LogP contribution < -0.4 is 5.32 Å². The van der Waals surface area contributed by atoms with Crippen LogP contribution in [-0.2, 0) is 29.0 Å². The lowest BCUT2D eigenvalue weighted by Crippen LogP contribution is -2.52. The summed E-state index contributed by atoms with van der Waals surface area (Å²) in [6.07, 6.45) is 5.74. The first-order valence-corrected chi connectivity index (χ1v) is 13.3. The Balaban J connectivity index is 1.59. The van der Waals surface area contributed by atoms with Crippen LogP contribution >= 0.6 is 11.6 Å². The zero-order chi connectivity index (χ0) is 25.3. The van der Waals surface area contributed by atoms with Crippen LogP contribution in [0.2, 0.25) is 5.02 Å². The van der Waals surface area contributed by atoms with E-state index < -0.39 is 6.04 Å². The number of nitrogens with zero attached hydrogens (tertiary/aromatic N) is 1. The van der Waals surface area contributed by atoms with Crippen LogP contribution in [0.1, 0.15) is 54.4 Å². The number of carbonyl (C=O) groups excluding carboxylic acids is 2. The Labute approximate surface area is 219 Å². The van der Waals surface area contributed by atoms with E-state index in [1.165, 1.54) is 5.56 Å². The van der Waals surface area contributed by atoms with E-state index >= 15 is 0 Å². The van der Waals surface area contributed by atoms with Gasteiger partial charge in [0.1, 0.15) is 6.04 Å². The van der Waals surface area contributed by atoms with Gasteiger partial charge in [0, 0.05) is 30.5 Å². The van der Waals surface area contributed by atoms with Crippen molar-refractivity contribution in [2.45, 2.75) is 70.5 Å². The maximum Gasteiger partial charge on any atom is 0.243 e. The van der Waals surface area contributed by atoms with Gasteiger partial charge >= 0.3 is 0 Å². The molecular weight excluding hydrogens is 468 g/mol. The minimum atomic E-state index is -0.589. The van der Waals surface area contributed by atoms with Crippen LogP contribution in [0.15, 0.2) is 78.9 Å². The molecule has 4 nitrogen and oxygen atoms in total. The Morgan fingerprint density at radius 3 is 2.19 bits per heavy atom. The highest BCUT2D eigenvalue weighted by molar-refractivity contribution is 6.30. The van der Waals surface area contributed by atoms with Gasteiger partial charge in [0.05, 0.1) is 0 Å². The van der Waals surface area contributed by atoms with Gasteiger partial charge in [-0.2, -0.15) is 0 Å². The van der Waals surface area contributed by atoms with Crippen LogP contribution in [0, 0.1) is 6.92 Å². The fourth-order valence-corrected chi connectivity index (χ4v) is 4.98. The van der Waals surface area contributed by atoms with Crippen LogP contribution in [-0.4, -0.2) is 28.8 Å². The van der Waals surface area contributed by atoms with E-state index in [-0.39, 0.29) is 17.9 Å². The van der Waals surface area contributed by atoms with E-state index in [2.05, 4.69) is 36.5 Å². The molecule has 1 saturated carbocycles. The standard InChI is InChI=1S/C31H35ClN2O2/c1-23-11-13-24(14-12-23)17-20-30(35)34(22-26-15-18-27(32)19-16-26)29(21-25-7-3-2-4-8-25)31(36)33-28-9-5-6-10-28/h2-4,7-8,11-16,18-19,28-29H,5-6,9-10,17,20-22H2,1H3,(H,33,36)/t29-/m0/s1. The van der Waals surface area contributed by atoms with Crippen LogP contribution in [0.4, 0.5) is 0 Å². The van der Waals surface area contributed by atoms with Gasteiger partial charge in [0.25, 0.3) is 0 Å². The Morgan fingerprint density at radius 1 is 0.889 bits per heavy atom. The molecule has 0 aromatic heterocycles. The quantitative estimate of drug-likeness (QED) is 0.354. The van der Waals surface area contributed by atoms with Crippen LogP contribution in [0.5, 0.6) is 0 Å². The fourth-order valence-electron chi connectivity index (χ4n) is 4.86. The Kier molecular flexibility index (Phi) is 9.18. The van der Waals surface area contributed by atoms with E-state index in [0.29, 0.717) is 30.8 Å². The zero-order valence-electron chi connectivity index (χ0n) is 21.0. The summed E-state index contributed by atoms with van der Waals surface area (Å²) in [6.45, 7) is 2.42. The van der Waals surface area contributed by atoms with Crippen molar-refractivity contribution in [3.05, 3.63) is 106 Å². The number of amides is 2. The number of hydrogen-bond acceptors (Lipinski definition) is 2. The number of benzene rings is 3. The summed E-state index contributed by atoms with van der Waals surface area (Å²) in [4.78, 5) is 29.2. The summed E-state index contributed by atoms with van der Waals surface area (Å²) < 4.78 is 0. The molecule has 0 unspecified atom stereocenters. The maximum atomic E-state index is 13.7. The van der Waals surface area contributed by atoms with Gasteiger partial charge in [-0.1, -0.05) is 96.7 Å². The molecule has 0 aliphatic heterocycles. The summed E-state index contributed by atoms with van der Waals surface area (Å²) in [6, 6.07) is 25.4. The molecule has 3 aromatic rings. The molecule has 0 bridgehead atoms. The predicted molar refractivity (Wildman–Crippen MR) is 146 cm³/mol. The van der Waals surface area contributed by atoms with Crippen LogP contribution in [0.25, 0.3) is 0 Å². The normalized spacial score (nSPS) is 14.4. The highest BCUT2D eigenvalue weighted by Crippen LogP contribution is 2.21. The zero-order valence-corrected chi connectivity index (χ0v) is 21.7. The van der Waals surface area contributed by atoms with Crippen molar-refractivity contribution < 1.29 is 9.59 Å². The molecule has 3 aromatic carbocycles. The first-order valence-electron chi connectivity index (χ1n) is 12.9.